The molecule has 1 amide bonds. The number of carbonyl (C=O) groups is 1. The Morgan fingerprint density at radius 2 is 1.62 bits per heavy atom. The van der Waals surface area contributed by atoms with Gasteiger partial charge in [0.1, 0.15) is 5.75 Å². The van der Waals surface area contributed by atoms with Crippen molar-refractivity contribution in [3.8, 4) is 5.75 Å². The number of morpholine rings is 1. The monoisotopic (exact) mass is 656 g/mol. The zero-order chi connectivity index (χ0) is 27.2. The smallest absolute Gasteiger partial charge is 0.255 e. The zero-order valence-corrected chi connectivity index (χ0v) is 24.6. The third kappa shape index (κ3) is 6.38. The van der Waals surface area contributed by atoms with Gasteiger partial charge in [-0.2, -0.15) is 0 Å². The number of aliphatic hydroxyl groups excluding tert-OH is 1. The molecule has 0 bridgehead atoms. The van der Waals surface area contributed by atoms with Crippen LogP contribution in [0.5, 0.6) is 5.75 Å². The molecule has 0 aliphatic carbocycles. The average molecular weight is 658 g/mol. The van der Waals surface area contributed by atoms with Gasteiger partial charge < -0.3 is 24.2 Å². The summed E-state index contributed by atoms with van der Waals surface area (Å²) in [4.78, 5) is 21.4. The quantitative estimate of drug-likeness (QED) is 0.315. The van der Waals surface area contributed by atoms with Crippen LogP contribution in [0.3, 0.4) is 0 Å². The van der Waals surface area contributed by atoms with Crippen molar-refractivity contribution in [3.05, 3.63) is 98.4 Å². The summed E-state index contributed by atoms with van der Waals surface area (Å²) in [5, 5.41) is 9.02. The van der Waals surface area contributed by atoms with Crippen LogP contribution in [0.4, 0.5) is 0 Å². The van der Waals surface area contributed by atoms with Gasteiger partial charge in [0.05, 0.1) is 19.8 Å². The van der Waals surface area contributed by atoms with Crippen LogP contribution < -0.4 is 4.74 Å². The van der Waals surface area contributed by atoms with Gasteiger partial charge in [0.25, 0.3) is 5.91 Å². The molecule has 1 N–H and O–H groups in total. The summed E-state index contributed by atoms with van der Waals surface area (Å²) < 4.78 is 19.8. The highest BCUT2D eigenvalue weighted by Crippen LogP contribution is 2.44. The maximum Gasteiger partial charge on any atom is 0.255 e. The summed E-state index contributed by atoms with van der Waals surface area (Å²) >= 11 is 7.04. The van der Waals surface area contributed by atoms with Gasteiger partial charge in [-0.3, -0.25) is 4.79 Å². The topological polar surface area (TPSA) is 80.6 Å². The SMILES string of the molecule is O=C(N1CCOCC1)[C@]1(Cc2ccc(Br)cc2)N=C(c2ccc(OCCCO)cc2)O[C@@H]1c1ccc(Br)cc1. The molecule has 0 radical (unpaired) electrons. The van der Waals surface area contributed by atoms with E-state index in [4.69, 9.17) is 24.3 Å². The number of ether oxygens (including phenoxy) is 3. The van der Waals surface area contributed by atoms with E-state index in [1.165, 1.54) is 0 Å². The van der Waals surface area contributed by atoms with E-state index in [1.807, 2.05) is 77.7 Å². The standard InChI is InChI=1S/C30H30Br2N2O5/c31-24-8-2-21(3-9-24)20-30(29(36)34-14-18-37-19-15-34)27(22-4-10-25(32)11-5-22)39-28(33-30)23-6-12-26(13-7-23)38-17-1-16-35/h2-13,27,35H,1,14-20H2/t27-,30-/m1/s1. The van der Waals surface area contributed by atoms with Gasteiger partial charge in [-0.25, -0.2) is 4.99 Å². The fourth-order valence-corrected chi connectivity index (χ4v) is 5.39. The zero-order valence-electron chi connectivity index (χ0n) is 21.4. The van der Waals surface area contributed by atoms with Gasteiger partial charge in [0.15, 0.2) is 11.6 Å². The highest BCUT2D eigenvalue weighted by molar-refractivity contribution is 9.10. The van der Waals surface area contributed by atoms with E-state index in [9.17, 15) is 4.79 Å². The lowest BCUT2D eigenvalue weighted by molar-refractivity contribution is -0.143. The highest BCUT2D eigenvalue weighted by Gasteiger charge is 2.54. The molecule has 5 rings (SSSR count). The molecule has 3 aromatic carbocycles. The number of carbonyl (C=O) groups excluding carboxylic acids is 1. The maximum atomic E-state index is 14.4. The van der Waals surface area contributed by atoms with Crippen molar-refractivity contribution < 1.29 is 24.1 Å². The largest absolute Gasteiger partial charge is 0.494 e. The van der Waals surface area contributed by atoms with E-state index in [0.717, 1.165) is 25.6 Å². The number of hydrogen-bond donors (Lipinski definition) is 1. The first-order valence-corrected chi connectivity index (χ1v) is 14.5. The molecule has 2 heterocycles. The molecule has 2 aliphatic heterocycles. The van der Waals surface area contributed by atoms with Crippen molar-refractivity contribution in [2.24, 2.45) is 4.99 Å². The number of aliphatic hydroxyl groups is 1. The second kappa shape index (κ2) is 12.6. The van der Waals surface area contributed by atoms with E-state index in [1.54, 1.807) is 0 Å². The molecule has 2 atom stereocenters. The van der Waals surface area contributed by atoms with E-state index in [-0.39, 0.29) is 12.5 Å². The molecular weight excluding hydrogens is 628 g/mol. The van der Waals surface area contributed by atoms with Crippen molar-refractivity contribution in [1.82, 2.24) is 4.90 Å². The fraction of sp³-hybridized carbons (Fsp3) is 0.333. The van der Waals surface area contributed by atoms with Crippen molar-refractivity contribution in [2.45, 2.75) is 24.5 Å². The summed E-state index contributed by atoms with van der Waals surface area (Å²) in [5.41, 5.74) is 1.42. The van der Waals surface area contributed by atoms with Gasteiger partial charge in [0, 0.05) is 47.0 Å². The highest BCUT2D eigenvalue weighted by atomic mass is 79.9. The van der Waals surface area contributed by atoms with Crippen molar-refractivity contribution >= 4 is 43.7 Å². The van der Waals surface area contributed by atoms with Crippen LogP contribution in [-0.2, 0) is 20.7 Å². The molecule has 7 nitrogen and oxygen atoms in total. The minimum atomic E-state index is -1.20. The summed E-state index contributed by atoms with van der Waals surface area (Å²) in [7, 11) is 0. The van der Waals surface area contributed by atoms with Gasteiger partial charge in [0.2, 0.25) is 5.90 Å². The summed E-state index contributed by atoms with van der Waals surface area (Å²) in [5.74, 6) is 1.05. The summed E-state index contributed by atoms with van der Waals surface area (Å²) in [6.07, 6.45) is 0.317. The van der Waals surface area contributed by atoms with Crippen molar-refractivity contribution in [3.63, 3.8) is 0 Å². The number of hydrogen-bond acceptors (Lipinski definition) is 6. The number of aliphatic imine (C=N–C) groups is 1. The Balaban J connectivity index is 1.57. The summed E-state index contributed by atoms with van der Waals surface area (Å²) in [6, 6.07) is 23.4. The van der Waals surface area contributed by atoms with E-state index in [0.29, 0.717) is 57.4 Å². The first kappa shape index (κ1) is 27.8. The number of benzene rings is 3. The minimum absolute atomic E-state index is 0.0689. The Morgan fingerprint density at radius 1 is 0.974 bits per heavy atom. The molecular formula is C30H30Br2N2O5. The summed E-state index contributed by atoms with van der Waals surface area (Å²) in [6.45, 7) is 2.54. The molecule has 204 valence electrons. The van der Waals surface area contributed by atoms with Crippen LogP contribution in [0.1, 0.15) is 29.2 Å². The van der Waals surface area contributed by atoms with Crippen LogP contribution in [-0.4, -0.2) is 66.9 Å². The van der Waals surface area contributed by atoms with E-state index in [2.05, 4.69) is 31.9 Å². The Hall–Kier alpha value is -2.72. The second-order valence-electron chi connectivity index (χ2n) is 9.55. The molecule has 0 saturated carbocycles. The van der Waals surface area contributed by atoms with Crippen LogP contribution in [0.15, 0.2) is 86.7 Å². The molecule has 39 heavy (non-hydrogen) atoms. The fourth-order valence-electron chi connectivity index (χ4n) is 4.86. The third-order valence-electron chi connectivity index (χ3n) is 6.87. The number of nitrogens with zero attached hydrogens (tertiary/aromatic N) is 2. The predicted molar refractivity (Wildman–Crippen MR) is 156 cm³/mol. The molecule has 0 unspecified atom stereocenters. The van der Waals surface area contributed by atoms with Crippen LogP contribution >= 0.6 is 31.9 Å². The van der Waals surface area contributed by atoms with Crippen molar-refractivity contribution in [2.75, 3.05) is 39.5 Å². The molecule has 0 spiro atoms. The Labute approximate surface area is 245 Å². The Bertz CT molecular complexity index is 1290. The lowest BCUT2D eigenvalue weighted by Crippen LogP contribution is -2.54. The Kier molecular flexibility index (Phi) is 9.02. The van der Waals surface area contributed by atoms with Gasteiger partial charge in [-0.15, -0.1) is 0 Å². The lowest BCUT2D eigenvalue weighted by Gasteiger charge is -2.37. The average Bonchev–Trinajstić information content (AvgIpc) is 3.35. The van der Waals surface area contributed by atoms with Gasteiger partial charge in [-0.1, -0.05) is 56.1 Å². The first-order chi connectivity index (χ1) is 19.0. The third-order valence-corrected chi connectivity index (χ3v) is 7.92. The molecule has 1 fully saturated rings. The molecule has 1 saturated heterocycles. The predicted octanol–water partition coefficient (Wildman–Crippen LogP) is 5.33. The van der Waals surface area contributed by atoms with Crippen LogP contribution in [0.25, 0.3) is 0 Å². The minimum Gasteiger partial charge on any atom is -0.494 e. The van der Waals surface area contributed by atoms with Crippen LogP contribution in [0, 0.1) is 0 Å². The van der Waals surface area contributed by atoms with E-state index >= 15 is 0 Å². The lowest BCUT2D eigenvalue weighted by atomic mass is 9.81. The van der Waals surface area contributed by atoms with Crippen molar-refractivity contribution in [1.29, 1.82) is 0 Å². The van der Waals surface area contributed by atoms with E-state index < -0.39 is 11.6 Å². The first-order valence-electron chi connectivity index (χ1n) is 13.0. The molecule has 0 aromatic heterocycles. The second-order valence-corrected chi connectivity index (χ2v) is 11.4. The van der Waals surface area contributed by atoms with Gasteiger partial charge in [-0.05, 0) is 59.7 Å². The van der Waals surface area contributed by atoms with Crippen LogP contribution in [0.2, 0.25) is 0 Å². The number of rotatable bonds is 9. The maximum absolute atomic E-state index is 14.4. The normalized spacial score (nSPS) is 20.8. The Morgan fingerprint density at radius 3 is 2.26 bits per heavy atom. The molecule has 2 aliphatic rings. The molecule has 3 aromatic rings. The number of halogens is 2. The molecule has 9 heteroatoms. The van der Waals surface area contributed by atoms with Gasteiger partial charge >= 0.3 is 0 Å². The number of amides is 1.